The summed E-state index contributed by atoms with van der Waals surface area (Å²) < 4.78 is 0. The minimum Gasteiger partial charge on any atom is -0.334 e. The number of imide groups is 1. The molecule has 1 aliphatic rings. The summed E-state index contributed by atoms with van der Waals surface area (Å²) in [6.45, 7) is 8.56. The van der Waals surface area contributed by atoms with E-state index in [4.69, 9.17) is 0 Å². The predicted octanol–water partition coefficient (Wildman–Crippen LogP) is 1.75. The Morgan fingerprint density at radius 1 is 1.40 bits per heavy atom. The number of rotatable bonds is 2. The van der Waals surface area contributed by atoms with Gasteiger partial charge in [0.1, 0.15) is 0 Å². The zero-order valence-corrected chi connectivity index (χ0v) is 9.96. The van der Waals surface area contributed by atoms with Gasteiger partial charge in [0.25, 0.3) is 0 Å². The molecule has 0 aromatic heterocycles. The highest BCUT2D eigenvalue weighted by Crippen LogP contribution is 2.25. The molecule has 1 saturated heterocycles. The molecule has 4 nitrogen and oxygen atoms in total. The molecule has 0 bridgehead atoms. The summed E-state index contributed by atoms with van der Waals surface area (Å²) in [5.41, 5.74) is -0.0658. The predicted molar refractivity (Wildman–Crippen MR) is 58.4 cm³/mol. The average Bonchev–Trinajstić information content (AvgIpc) is 2.09. The molecule has 15 heavy (non-hydrogen) atoms. The van der Waals surface area contributed by atoms with Gasteiger partial charge in [-0.1, -0.05) is 27.7 Å². The van der Waals surface area contributed by atoms with Crippen LogP contribution in [0.15, 0.2) is 0 Å². The van der Waals surface area contributed by atoms with E-state index in [-0.39, 0.29) is 23.4 Å². The molecule has 86 valence electrons. The number of hydrogen-bond donors (Lipinski definition) is 1. The summed E-state index contributed by atoms with van der Waals surface area (Å²) >= 11 is 0. The maximum Gasteiger partial charge on any atom is 0.324 e. The van der Waals surface area contributed by atoms with Crippen molar-refractivity contribution >= 4 is 11.9 Å². The summed E-state index contributed by atoms with van der Waals surface area (Å²) in [4.78, 5) is 24.7. The highest BCUT2D eigenvalue weighted by atomic mass is 16.2. The molecule has 1 aliphatic heterocycles. The van der Waals surface area contributed by atoms with E-state index in [0.717, 1.165) is 6.42 Å². The van der Waals surface area contributed by atoms with E-state index in [0.29, 0.717) is 13.0 Å². The first-order valence-electron chi connectivity index (χ1n) is 5.47. The molecule has 1 rings (SSSR count). The summed E-state index contributed by atoms with van der Waals surface area (Å²) in [6.07, 6.45) is 1.22. The van der Waals surface area contributed by atoms with Gasteiger partial charge in [-0.25, -0.2) is 4.79 Å². The second-order valence-corrected chi connectivity index (χ2v) is 5.12. The molecule has 0 aliphatic carbocycles. The number of urea groups is 1. The highest BCUT2D eigenvalue weighted by Gasteiger charge is 2.36. The fourth-order valence-corrected chi connectivity index (χ4v) is 1.65. The molecule has 1 heterocycles. The van der Waals surface area contributed by atoms with Crippen molar-refractivity contribution in [3.8, 4) is 0 Å². The van der Waals surface area contributed by atoms with Crippen molar-refractivity contribution < 1.29 is 9.59 Å². The van der Waals surface area contributed by atoms with Gasteiger partial charge in [-0.15, -0.1) is 0 Å². The van der Waals surface area contributed by atoms with Crippen LogP contribution >= 0.6 is 0 Å². The summed E-state index contributed by atoms with van der Waals surface area (Å²) in [5, 5.41) is 2.89. The lowest BCUT2D eigenvalue weighted by Gasteiger charge is -2.38. The molecule has 1 fully saturated rings. The van der Waals surface area contributed by atoms with Crippen LogP contribution in [0.2, 0.25) is 0 Å². The Morgan fingerprint density at radius 3 is 2.40 bits per heavy atom. The van der Waals surface area contributed by atoms with E-state index in [1.807, 2.05) is 27.7 Å². The third-order valence-electron chi connectivity index (χ3n) is 2.72. The number of nitrogens with one attached hydrogen (secondary N) is 1. The van der Waals surface area contributed by atoms with Crippen LogP contribution in [0.5, 0.6) is 0 Å². The van der Waals surface area contributed by atoms with E-state index in [1.165, 1.54) is 4.90 Å². The van der Waals surface area contributed by atoms with Crippen LogP contribution in [-0.4, -0.2) is 29.4 Å². The first kappa shape index (κ1) is 12.0. The van der Waals surface area contributed by atoms with Gasteiger partial charge in [0.2, 0.25) is 5.91 Å². The Kier molecular flexibility index (Phi) is 3.37. The van der Waals surface area contributed by atoms with Crippen LogP contribution in [0.4, 0.5) is 4.79 Å². The van der Waals surface area contributed by atoms with Gasteiger partial charge in [-0.2, -0.15) is 0 Å². The molecule has 0 saturated carbocycles. The smallest absolute Gasteiger partial charge is 0.324 e. The van der Waals surface area contributed by atoms with Crippen LogP contribution < -0.4 is 5.32 Å². The van der Waals surface area contributed by atoms with Crippen LogP contribution in [0.1, 0.15) is 40.5 Å². The molecule has 1 unspecified atom stereocenters. The van der Waals surface area contributed by atoms with Crippen molar-refractivity contribution in [3.63, 3.8) is 0 Å². The largest absolute Gasteiger partial charge is 0.334 e. The van der Waals surface area contributed by atoms with Crippen LogP contribution in [-0.2, 0) is 4.79 Å². The lowest BCUT2D eigenvalue weighted by molar-refractivity contribution is -0.131. The molecule has 0 radical (unpaired) electrons. The molecule has 4 heteroatoms. The first-order valence-corrected chi connectivity index (χ1v) is 5.47. The normalized spacial score (nSPS) is 22.9. The van der Waals surface area contributed by atoms with E-state index in [2.05, 4.69) is 5.32 Å². The standard InChI is InChI=1S/C11H20N2O2/c1-5-6-13-9(14)7-8(11(2,3)4)12-10(13)15/h8H,5-7H2,1-4H3,(H,12,15). The van der Waals surface area contributed by atoms with Gasteiger partial charge in [-0.05, 0) is 11.8 Å². The Hall–Kier alpha value is -1.06. The summed E-state index contributed by atoms with van der Waals surface area (Å²) in [5.74, 6) is -0.0551. The molecule has 1 atom stereocenters. The van der Waals surface area contributed by atoms with Crippen molar-refractivity contribution in [1.29, 1.82) is 0 Å². The van der Waals surface area contributed by atoms with E-state index >= 15 is 0 Å². The lowest BCUT2D eigenvalue weighted by Crippen LogP contribution is -2.58. The van der Waals surface area contributed by atoms with Crippen molar-refractivity contribution in [1.82, 2.24) is 10.2 Å². The molecule has 3 amide bonds. The SMILES string of the molecule is CCCN1C(=O)CC(C(C)(C)C)NC1=O. The first-order chi connectivity index (χ1) is 6.86. The minimum atomic E-state index is -0.243. The van der Waals surface area contributed by atoms with Crippen LogP contribution in [0.25, 0.3) is 0 Å². The van der Waals surface area contributed by atoms with Gasteiger partial charge in [-0.3, -0.25) is 9.69 Å². The van der Waals surface area contributed by atoms with Crippen molar-refractivity contribution in [3.05, 3.63) is 0 Å². The van der Waals surface area contributed by atoms with Gasteiger partial charge in [0, 0.05) is 19.0 Å². The summed E-state index contributed by atoms with van der Waals surface area (Å²) in [6, 6.07) is -0.293. The van der Waals surface area contributed by atoms with E-state index in [9.17, 15) is 9.59 Å². The van der Waals surface area contributed by atoms with Crippen molar-refractivity contribution in [2.45, 2.75) is 46.6 Å². The maximum atomic E-state index is 11.7. The number of amides is 3. The lowest BCUT2D eigenvalue weighted by atomic mass is 9.83. The van der Waals surface area contributed by atoms with Crippen LogP contribution in [0, 0.1) is 5.41 Å². The van der Waals surface area contributed by atoms with Crippen molar-refractivity contribution in [2.24, 2.45) is 5.41 Å². The molecule has 0 spiro atoms. The second-order valence-electron chi connectivity index (χ2n) is 5.12. The van der Waals surface area contributed by atoms with Gasteiger partial charge in [0.05, 0.1) is 0 Å². The fraction of sp³-hybridized carbons (Fsp3) is 0.818. The quantitative estimate of drug-likeness (QED) is 0.758. The van der Waals surface area contributed by atoms with Gasteiger partial charge < -0.3 is 5.32 Å². The minimum absolute atomic E-state index is 0.0504. The van der Waals surface area contributed by atoms with Gasteiger partial charge >= 0.3 is 6.03 Å². The van der Waals surface area contributed by atoms with E-state index in [1.54, 1.807) is 0 Å². The molecular formula is C11H20N2O2. The number of carbonyl (C=O) groups excluding carboxylic acids is 2. The fourth-order valence-electron chi connectivity index (χ4n) is 1.65. The Bertz CT molecular complexity index is 250. The Labute approximate surface area is 91.0 Å². The topological polar surface area (TPSA) is 49.4 Å². The third kappa shape index (κ3) is 2.70. The average molecular weight is 212 g/mol. The summed E-state index contributed by atoms with van der Waals surface area (Å²) in [7, 11) is 0. The van der Waals surface area contributed by atoms with E-state index < -0.39 is 0 Å². The zero-order chi connectivity index (χ0) is 11.6. The molecular weight excluding hydrogens is 192 g/mol. The second kappa shape index (κ2) is 4.21. The van der Waals surface area contributed by atoms with Crippen LogP contribution in [0.3, 0.4) is 0 Å². The monoisotopic (exact) mass is 212 g/mol. The number of carbonyl (C=O) groups is 2. The highest BCUT2D eigenvalue weighted by molar-refractivity contribution is 5.97. The van der Waals surface area contributed by atoms with Crippen molar-refractivity contribution in [2.75, 3.05) is 6.54 Å². The van der Waals surface area contributed by atoms with Gasteiger partial charge in [0.15, 0.2) is 0 Å². The molecule has 1 N–H and O–H groups in total. The zero-order valence-electron chi connectivity index (χ0n) is 9.96. The molecule has 0 aromatic carbocycles. The molecule has 0 aromatic rings. The number of nitrogens with zero attached hydrogens (tertiary/aromatic N) is 1. The maximum absolute atomic E-state index is 11.7. The Balaban J connectivity index is 2.71. The third-order valence-corrected chi connectivity index (χ3v) is 2.72. The Morgan fingerprint density at radius 2 is 2.00 bits per heavy atom. The number of hydrogen-bond acceptors (Lipinski definition) is 2.